The van der Waals surface area contributed by atoms with Gasteiger partial charge in [-0.05, 0) is 12.6 Å². The number of fused-ring (bicyclic) bond motifs is 1. The largest absolute Gasteiger partial charge is 0.333 e. The van der Waals surface area contributed by atoms with Crippen LogP contribution in [0.5, 0.6) is 0 Å². The molecule has 106 valence electrons. The van der Waals surface area contributed by atoms with Crippen LogP contribution in [-0.2, 0) is 6.67 Å². The van der Waals surface area contributed by atoms with E-state index >= 15 is 0 Å². The number of rotatable bonds is 4. The summed E-state index contributed by atoms with van der Waals surface area (Å²) in [5.74, 6) is 0. The Balaban J connectivity index is 1.79. The fourth-order valence-electron chi connectivity index (χ4n) is 2.95. The van der Waals surface area contributed by atoms with Crippen molar-refractivity contribution in [3.05, 3.63) is 36.0 Å². The van der Waals surface area contributed by atoms with Crippen molar-refractivity contribution in [2.45, 2.75) is 13.6 Å². The van der Waals surface area contributed by atoms with Crippen LogP contribution in [0.3, 0.4) is 0 Å². The van der Waals surface area contributed by atoms with Crippen LogP contribution in [0.2, 0.25) is 0 Å². The Morgan fingerprint density at radius 3 is 2.50 bits per heavy atom. The lowest BCUT2D eigenvalue weighted by atomic mass is 10.2. The van der Waals surface area contributed by atoms with Gasteiger partial charge in [-0.2, -0.15) is 0 Å². The van der Waals surface area contributed by atoms with Crippen molar-refractivity contribution in [3.8, 4) is 0 Å². The van der Waals surface area contributed by atoms with Gasteiger partial charge in [0, 0.05) is 48.8 Å². The fraction of sp³-hybridized carbons (Fsp3) is 0.438. The van der Waals surface area contributed by atoms with E-state index in [0.717, 1.165) is 62.1 Å². The molecule has 20 heavy (non-hydrogen) atoms. The van der Waals surface area contributed by atoms with E-state index in [9.17, 15) is 4.79 Å². The number of nitrogens with zero attached hydrogens (tertiary/aromatic N) is 3. The summed E-state index contributed by atoms with van der Waals surface area (Å²) in [6, 6.07) is 8.12. The maximum absolute atomic E-state index is 11.2. The lowest BCUT2D eigenvalue weighted by Gasteiger charge is -2.34. The zero-order valence-corrected chi connectivity index (χ0v) is 12.0. The number of hydrogen-bond acceptors (Lipinski definition) is 3. The Morgan fingerprint density at radius 1 is 1.10 bits per heavy atom. The highest BCUT2D eigenvalue weighted by molar-refractivity contribution is 5.97. The molecular formula is C16H21N3O. The molecule has 1 aromatic carbocycles. The van der Waals surface area contributed by atoms with E-state index in [-0.39, 0.29) is 0 Å². The van der Waals surface area contributed by atoms with Crippen molar-refractivity contribution in [2.75, 3.05) is 32.7 Å². The summed E-state index contributed by atoms with van der Waals surface area (Å²) in [6.07, 6.45) is 2.93. The Labute approximate surface area is 119 Å². The van der Waals surface area contributed by atoms with Crippen LogP contribution in [0.15, 0.2) is 30.5 Å². The molecule has 1 fully saturated rings. The highest BCUT2D eigenvalue weighted by Gasteiger charge is 2.16. The lowest BCUT2D eigenvalue weighted by molar-refractivity contribution is 0.111. The lowest BCUT2D eigenvalue weighted by Crippen LogP contribution is -2.46. The maximum atomic E-state index is 11.2. The van der Waals surface area contributed by atoms with Gasteiger partial charge >= 0.3 is 0 Å². The molecule has 0 bridgehead atoms. The molecular weight excluding hydrogens is 250 g/mol. The number of carbonyl (C=O) groups excluding carboxylic acids is 1. The Hall–Kier alpha value is -1.65. The van der Waals surface area contributed by atoms with E-state index < -0.39 is 0 Å². The molecule has 0 atom stereocenters. The second-order valence-corrected chi connectivity index (χ2v) is 5.38. The van der Waals surface area contributed by atoms with Crippen molar-refractivity contribution in [1.29, 1.82) is 0 Å². The minimum Gasteiger partial charge on any atom is -0.333 e. The van der Waals surface area contributed by atoms with Crippen LogP contribution in [0, 0.1) is 0 Å². The molecule has 4 heteroatoms. The molecule has 2 aromatic rings. The molecule has 1 aromatic heterocycles. The van der Waals surface area contributed by atoms with E-state index in [1.165, 1.54) is 0 Å². The minimum atomic E-state index is 0.785. The van der Waals surface area contributed by atoms with Gasteiger partial charge < -0.3 is 9.47 Å². The number of aromatic nitrogens is 1. The first-order valence-corrected chi connectivity index (χ1v) is 7.29. The molecule has 4 nitrogen and oxygen atoms in total. The number of para-hydroxylation sites is 1. The number of hydrogen-bond donors (Lipinski definition) is 0. The summed E-state index contributed by atoms with van der Waals surface area (Å²) in [4.78, 5) is 16.1. The molecule has 1 saturated heterocycles. The van der Waals surface area contributed by atoms with E-state index in [2.05, 4.69) is 27.4 Å². The van der Waals surface area contributed by atoms with Crippen LogP contribution >= 0.6 is 0 Å². The Morgan fingerprint density at radius 2 is 1.80 bits per heavy atom. The van der Waals surface area contributed by atoms with Gasteiger partial charge in [0.25, 0.3) is 0 Å². The highest BCUT2D eigenvalue weighted by Crippen LogP contribution is 2.20. The molecule has 0 unspecified atom stereocenters. The maximum Gasteiger partial charge on any atom is 0.152 e. The van der Waals surface area contributed by atoms with Crippen LogP contribution in [-0.4, -0.2) is 53.4 Å². The van der Waals surface area contributed by atoms with Crippen LogP contribution in [0.25, 0.3) is 10.9 Å². The van der Waals surface area contributed by atoms with E-state index in [4.69, 9.17) is 0 Å². The number of carbonyl (C=O) groups is 1. The fourth-order valence-corrected chi connectivity index (χ4v) is 2.95. The van der Waals surface area contributed by atoms with Crippen LogP contribution in [0.4, 0.5) is 0 Å². The predicted octanol–water partition coefficient (Wildman–Crippen LogP) is 2.05. The normalized spacial score (nSPS) is 17.6. The third-order valence-corrected chi connectivity index (χ3v) is 4.21. The number of benzene rings is 1. The summed E-state index contributed by atoms with van der Waals surface area (Å²) >= 11 is 0. The SMILES string of the molecule is CCN1CCN(Cn2cc(C=O)c3ccccc32)CC1. The molecule has 2 heterocycles. The van der Waals surface area contributed by atoms with Crippen LogP contribution < -0.4 is 0 Å². The van der Waals surface area contributed by atoms with Gasteiger partial charge in [0.2, 0.25) is 0 Å². The van der Waals surface area contributed by atoms with E-state index in [1.807, 2.05) is 24.4 Å². The highest BCUT2D eigenvalue weighted by atomic mass is 16.1. The molecule has 0 amide bonds. The van der Waals surface area contributed by atoms with Crippen molar-refractivity contribution in [2.24, 2.45) is 0 Å². The van der Waals surface area contributed by atoms with Gasteiger partial charge in [-0.3, -0.25) is 9.69 Å². The zero-order chi connectivity index (χ0) is 13.9. The summed E-state index contributed by atoms with van der Waals surface area (Å²) in [6.45, 7) is 8.67. The van der Waals surface area contributed by atoms with Gasteiger partial charge in [-0.1, -0.05) is 25.1 Å². The predicted molar refractivity (Wildman–Crippen MR) is 81.0 cm³/mol. The first kappa shape index (κ1) is 13.3. The van der Waals surface area contributed by atoms with Gasteiger partial charge in [0.15, 0.2) is 6.29 Å². The average molecular weight is 271 g/mol. The zero-order valence-electron chi connectivity index (χ0n) is 12.0. The number of likely N-dealkylation sites (N-methyl/N-ethyl adjacent to an activating group) is 1. The molecule has 3 rings (SSSR count). The molecule has 1 aliphatic heterocycles. The average Bonchev–Trinajstić information content (AvgIpc) is 2.86. The summed E-state index contributed by atoms with van der Waals surface area (Å²) in [5, 5.41) is 1.05. The first-order valence-electron chi connectivity index (χ1n) is 7.29. The Kier molecular flexibility index (Phi) is 3.85. The third kappa shape index (κ3) is 2.49. The van der Waals surface area contributed by atoms with Crippen molar-refractivity contribution in [1.82, 2.24) is 14.4 Å². The molecule has 0 saturated carbocycles. The van der Waals surface area contributed by atoms with E-state index in [0.29, 0.717) is 0 Å². The van der Waals surface area contributed by atoms with Gasteiger partial charge in [-0.15, -0.1) is 0 Å². The number of aldehydes is 1. The number of piperazine rings is 1. The van der Waals surface area contributed by atoms with Crippen LogP contribution in [0.1, 0.15) is 17.3 Å². The Bertz CT molecular complexity index is 597. The smallest absolute Gasteiger partial charge is 0.152 e. The van der Waals surface area contributed by atoms with Crippen molar-refractivity contribution >= 4 is 17.2 Å². The van der Waals surface area contributed by atoms with Gasteiger partial charge in [-0.25, -0.2) is 0 Å². The van der Waals surface area contributed by atoms with E-state index in [1.54, 1.807) is 0 Å². The van der Waals surface area contributed by atoms with Crippen molar-refractivity contribution < 1.29 is 4.79 Å². The summed E-state index contributed by atoms with van der Waals surface area (Å²) < 4.78 is 2.20. The van der Waals surface area contributed by atoms with Crippen molar-refractivity contribution in [3.63, 3.8) is 0 Å². The summed E-state index contributed by atoms with van der Waals surface area (Å²) in [5.41, 5.74) is 1.93. The molecule has 1 aliphatic rings. The van der Waals surface area contributed by atoms with Gasteiger partial charge in [0.1, 0.15) is 0 Å². The second-order valence-electron chi connectivity index (χ2n) is 5.38. The monoisotopic (exact) mass is 271 g/mol. The third-order valence-electron chi connectivity index (χ3n) is 4.21. The summed E-state index contributed by atoms with van der Waals surface area (Å²) in [7, 11) is 0. The first-order chi connectivity index (χ1) is 9.81. The minimum absolute atomic E-state index is 0.785. The molecule has 0 aliphatic carbocycles. The van der Waals surface area contributed by atoms with Gasteiger partial charge in [0.05, 0.1) is 6.67 Å². The quantitative estimate of drug-likeness (QED) is 0.797. The second kappa shape index (κ2) is 5.77. The molecule has 0 N–H and O–H groups in total. The molecule has 0 spiro atoms. The molecule has 0 radical (unpaired) electrons. The topological polar surface area (TPSA) is 28.5 Å². The standard InChI is InChI=1S/C16H21N3O/c1-2-17-7-9-18(10-8-17)13-19-11-14(12-20)15-5-3-4-6-16(15)19/h3-6,11-12H,2,7-10,13H2,1H3.